The molecule has 1 fully saturated rings. The number of nitrogens with one attached hydrogen (secondary N) is 1. The van der Waals surface area contributed by atoms with Gasteiger partial charge in [0.2, 0.25) is 0 Å². The number of nitrogens with zero attached hydrogens (tertiary/aromatic N) is 2. The van der Waals surface area contributed by atoms with Gasteiger partial charge in [0.25, 0.3) is 0 Å². The van der Waals surface area contributed by atoms with Gasteiger partial charge in [-0.05, 0) is 31.9 Å². The Labute approximate surface area is 115 Å². The van der Waals surface area contributed by atoms with Crippen LogP contribution in [-0.4, -0.2) is 35.8 Å². The van der Waals surface area contributed by atoms with E-state index in [1.165, 1.54) is 5.56 Å². The van der Waals surface area contributed by atoms with Crippen LogP contribution in [0, 0.1) is 5.92 Å². The molecule has 1 aromatic heterocycles. The van der Waals surface area contributed by atoms with Gasteiger partial charge >= 0.3 is 0 Å². The Bertz CT molecular complexity index is 410. The molecule has 1 saturated heterocycles. The third-order valence-corrected chi connectivity index (χ3v) is 4.14. The smallest absolute Gasteiger partial charge is 0.133 e. The van der Waals surface area contributed by atoms with Crippen molar-refractivity contribution in [3.63, 3.8) is 0 Å². The summed E-state index contributed by atoms with van der Waals surface area (Å²) in [5, 5.41) is 13.1. The van der Waals surface area contributed by atoms with Gasteiger partial charge in [0.05, 0.1) is 12.6 Å². The molecule has 0 bridgehead atoms. The summed E-state index contributed by atoms with van der Waals surface area (Å²) in [7, 11) is 0. The maximum atomic E-state index is 9.62. The first-order chi connectivity index (χ1) is 9.19. The van der Waals surface area contributed by atoms with Crippen LogP contribution in [-0.2, 0) is 0 Å². The quantitative estimate of drug-likeness (QED) is 0.852. The average Bonchev–Trinajstić information content (AvgIpc) is 2.80. The Morgan fingerprint density at radius 3 is 3.05 bits per heavy atom. The zero-order valence-corrected chi connectivity index (χ0v) is 12.1. The highest BCUT2D eigenvalue weighted by Gasteiger charge is 2.32. The van der Waals surface area contributed by atoms with Gasteiger partial charge in [0.1, 0.15) is 5.82 Å². The van der Waals surface area contributed by atoms with E-state index in [0.717, 1.165) is 25.3 Å². The predicted molar refractivity (Wildman–Crippen MR) is 78.3 cm³/mol. The SMILES string of the molecule is CCNC(C)c1cccnc1N1CCC(C)C1CO. The molecule has 106 valence electrons. The number of pyridine rings is 1. The fourth-order valence-electron chi connectivity index (χ4n) is 2.95. The summed E-state index contributed by atoms with van der Waals surface area (Å²) in [4.78, 5) is 6.84. The topological polar surface area (TPSA) is 48.4 Å². The molecule has 3 unspecified atom stereocenters. The molecule has 1 aliphatic heterocycles. The number of aliphatic hydroxyl groups excluding tert-OH is 1. The molecule has 0 amide bonds. The minimum atomic E-state index is 0.197. The van der Waals surface area contributed by atoms with Crippen molar-refractivity contribution in [2.45, 2.75) is 39.3 Å². The second-order valence-electron chi connectivity index (χ2n) is 5.40. The second kappa shape index (κ2) is 6.35. The lowest BCUT2D eigenvalue weighted by Gasteiger charge is -2.29. The van der Waals surface area contributed by atoms with Crippen molar-refractivity contribution in [3.8, 4) is 0 Å². The zero-order chi connectivity index (χ0) is 13.8. The highest BCUT2D eigenvalue weighted by atomic mass is 16.3. The lowest BCUT2D eigenvalue weighted by molar-refractivity contribution is 0.244. The minimum absolute atomic E-state index is 0.197. The van der Waals surface area contributed by atoms with Crippen molar-refractivity contribution in [1.29, 1.82) is 0 Å². The number of anilines is 1. The van der Waals surface area contributed by atoms with Crippen molar-refractivity contribution in [3.05, 3.63) is 23.9 Å². The maximum absolute atomic E-state index is 9.62. The molecular formula is C15H25N3O. The summed E-state index contributed by atoms with van der Waals surface area (Å²) in [6, 6.07) is 4.60. The molecule has 19 heavy (non-hydrogen) atoms. The van der Waals surface area contributed by atoms with E-state index in [-0.39, 0.29) is 18.7 Å². The van der Waals surface area contributed by atoms with Crippen LogP contribution in [0.3, 0.4) is 0 Å². The molecule has 0 saturated carbocycles. The number of aromatic nitrogens is 1. The third kappa shape index (κ3) is 2.90. The largest absolute Gasteiger partial charge is 0.394 e. The Kier molecular flexibility index (Phi) is 4.77. The van der Waals surface area contributed by atoms with Gasteiger partial charge in [-0.1, -0.05) is 19.9 Å². The molecule has 4 nitrogen and oxygen atoms in total. The van der Waals surface area contributed by atoms with Crippen LogP contribution in [0.5, 0.6) is 0 Å². The van der Waals surface area contributed by atoms with Crippen LogP contribution in [0.1, 0.15) is 38.8 Å². The zero-order valence-electron chi connectivity index (χ0n) is 12.1. The van der Waals surface area contributed by atoms with Gasteiger partial charge < -0.3 is 15.3 Å². The van der Waals surface area contributed by atoms with Crippen LogP contribution in [0.25, 0.3) is 0 Å². The van der Waals surface area contributed by atoms with E-state index >= 15 is 0 Å². The number of hydrogen-bond donors (Lipinski definition) is 2. The lowest BCUT2D eigenvalue weighted by Crippen LogP contribution is -2.37. The van der Waals surface area contributed by atoms with E-state index in [4.69, 9.17) is 0 Å². The average molecular weight is 263 g/mol. The standard InChI is InChI=1S/C15H25N3O/c1-4-16-12(3)13-6-5-8-17-15(13)18-9-7-11(2)14(18)10-19/h5-6,8,11-12,14,16,19H,4,7,9-10H2,1-3H3. The Morgan fingerprint density at radius 2 is 2.37 bits per heavy atom. The first-order valence-electron chi connectivity index (χ1n) is 7.24. The summed E-state index contributed by atoms with van der Waals surface area (Å²) in [6.45, 7) is 8.60. The van der Waals surface area contributed by atoms with Crippen LogP contribution in [0.15, 0.2) is 18.3 Å². The Balaban J connectivity index is 2.29. The molecule has 4 heteroatoms. The molecular weight excluding hydrogens is 238 g/mol. The van der Waals surface area contributed by atoms with Crippen molar-refractivity contribution in [2.24, 2.45) is 5.92 Å². The Morgan fingerprint density at radius 1 is 1.58 bits per heavy atom. The maximum Gasteiger partial charge on any atom is 0.133 e. The van der Waals surface area contributed by atoms with E-state index in [2.05, 4.69) is 42.0 Å². The lowest BCUT2D eigenvalue weighted by atomic mass is 10.0. The van der Waals surface area contributed by atoms with Gasteiger partial charge in [0.15, 0.2) is 0 Å². The summed E-state index contributed by atoms with van der Waals surface area (Å²) in [5.41, 5.74) is 1.22. The molecule has 1 aliphatic rings. The minimum Gasteiger partial charge on any atom is -0.394 e. The van der Waals surface area contributed by atoms with Crippen LogP contribution in [0.2, 0.25) is 0 Å². The summed E-state index contributed by atoms with van der Waals surface area (Å²) in [5.74, 6) is 1.55. The highest BCUT2D eigenvalue weighted by Crippen LogP contribution is 2.32. The summed E-state index contributed by atoms with van der Waals surface area (Å²) in [6.07, 6.45) is 2.96. The fraction of sp³-hybridized carbons (Fsp3) is 0.667. The molecule has 0 aromatic carbocycles. The highest BCUT2D eigenvalue weighted by molar-refractivity contribution is 5.50. The van der Waals surface area contributed by atoms with E-state index < -0.39 is 0 Å². The van der Waals surface area contributed by atoms with Crippen molar-refractivity contribution in [2.75, 3.05) is 24.6 Å². The number of rotatable bonds is 5. The number of aliphatic hydroxyl groups is 1. The first kappa shape index (κ1) is 14.3. The molecule has 2 heterocycles. The van der Waals surface area contributed by atoms with Gasteiger partial charge in [-0.25, -0.2) is 4.98 Å². The van der Waals surface area contributed by atoms with Crippen LogP contribution < -0.4 is 10.2 Å². The molecule has 1 aromatic rings. The molecule has 2 N–H and O–H groups in total. The van der Waals surface area contributed by atoms with Crippen molar-refractivity contribution < 1.29 is 5.11 Å². The molecule has 3 atom stereocenters. The van der Waals surface area contributed by atoms with Gasteiger partial charge in [-0.15, -0.1) is 0 Å². The Hall–Kier alpha value is -1.13. The van der Waals surface area contributed by atoms with Crippen LogP contribution >= 0.6 is 0 Å². The first-order valence-corrected chi connectivity index (χ1v) is 7.24. The number of hydrogen-bond acceptors (Lipinski definition) is 4. The monoisotopic (exact) mass is 263 g/mol. The van der Waals surface area contributed by atoms with Gasteiger partial charge in [-0.2, -0.15) is 0 Å². The van der Waals surface area contributed by atoms with E-state index in [1.54, 1.807) is 0 Å². The second-order valence-corrected chi connectivity index (χ2v) is 5.40. The normalized spacial score (nSPS) is 24.7. The van der Waals surface area contributed by atoms with Gasteiger partial charge in [-0.3, -0.25) is 0 Å². The molecule has 0 aliphatic carbocycles. The molecule has 2 rings (SSSR count). The predicted octanol–water partition coefficient (Wildman–Crippen LogP) is 1.96. The summed E-state index contributed by atoms with van der Waals surface area (Å²) < 4.78 is 0. The molecule has 0 radical (unpaired) electrons. The molecule has 0 spiro atoms. The van der Waals surface area contributed by atoms with Crippen molar-refractivity contribution in [1.82, 2.24) is 10.3 Å². The van der Waals surface area contributed by atoms with Crippen molar-refractivity contribution >= 4 is 5.82 Å². The summed E-state index contributed by atoms with van der Waals surface area (Å²) >= 11 is 0. The van der Waals surface area contributed by atoms with Crippen LogP contribution in [0.4, 0.5) is 5.82 Å². The third-order valence-electron chi connectivity index (χ3n) is 4.14. The van der Waals surface area contributed by atoms with Gasteiger partial charge in [0, 0.05) is 24.3 Å². The van der Waals surface area contributed by atoms with E-state index in [0.29, 0.717) is 5.92 Å². The van der Waals surface area contributed by atoms with E-state index in [1.807, 2.05) is 12.3 Å². The fourth-order valence-corrected chi connectivity index (χ4v) is 2.95. The van der Waals surface area contributed by atoms with E-state index in [9.17, 15) is 5.11 Å².